The number of carbonyl (C=O) groups excluding carboxylic acids is 2. The molecule has 5 rings (SSSR count). The molecule has 39 heavy (non-hydrogen) atoms. The smallest absolute Gasteiger partial charge is 0.266 e. The van der Waals surface area contributed by atoms with Crippen molar-refractivity contribution in [2.75, 3.05) is 24.5 Å². The molecule has 204 valence electrons. The molecule has 0 N–H and O–H groups in total. The number of rotatable bonds is 10. The van der Waals surface area contributed by atoms with Gasteiger partial charge in [0.2, 0.25) is 5.91 Å². The Morgan fingerprint density at radius 2 is 1.82 bits per heavy atom. The van der Waals surface area contributed by atoms with E-state index in [9.17, 15) is 9.59 Å². The number of thiocarbonyl (C=S) groups is 1. The van der Waals surface area contributed by atoms with Crippen molar-refractivity contribution in [1.82, 2.24) is 9.80 Å². The van der Waals surface area contributed by atoms with Crippen LogP contribution in [0.25, 0.3) is 6.08 Å². The average molecular weight is 584 g/mol. The van der Waals surface area contributed by atoms with Gasteiger partial charge in [0.15, 0.2) is 5.88 Å². The van der Waals surface area contributed by atoms with Gasteiger partial charge in [-0.3, -0.25) is 14.5 Å². The molecule has 0 spiro atoms. The zero-order chi connectivity index (χ0) is 27.2. The van der Waals surface area contributed by atoms with Crippen LogP contribution in [0.2, 0.25) is 5.02 Å². The van der Waals surface area contributed by atoms with Crippen LogP contribution in [0.4, 0.5) is 5.88 Å². The normalized spacial score (nSPS) is 16.9. The van der Waals surface area contributed by atoms with Gasteiger partial charge in [-0.05, 0) is 67.7 Å². The molecule has 0 radical (unpaired) electrons. The fourth-order valence-electron chi connectivity index (χ4n) is 4.70. The van der Waals surface area contributed by atoms with Crippen LogP contribution in [0.3, 0.4) is 0 Å². The van der Waals surface area contributed by atoms with Gasteiger partial charge in [-0.25, -0.2) is 0 Å². The Morgan fingerprint density at radius 1 is 1.05 bits per heavy atom. The summed E-state index contributed by atoms with van der Waals surface area (Å²) in [6.07, 6.45) is 7.76. The first-order valence-corrected chi connectivity index (χ1v) is 14.7. The number of nitrogens with zero attached hydrogens (tertiary/aromatic N) is 3. The van der Waals surface area contributed by atoms with Crippen molar-refractivity contribution in [2.24, 2.45) is 0 Å². The van der Waals surface area contributed by atoms with Gasteiger partial charge in [-0.15, -0.1) is 0 Å². The Morgan fingerprint density at radius 3 is 2.56 bits per heavy atom. The molecule has 0 aliphatic carbocycles. The van der Waals surface area contributed by atoms with Gasteiger partial charge in [0.1, 0.15) is 15.8 Å². The zero-order valence-corrected chi connectivity index (χ0v) is 23.9. The van der Waals surface area contributed by atoms with Crippen molar-refractivity contribution in [1.29, 1.82) is 0 Å². The van der Waals surface area contributed by atoms with E-state index in [1.54, 1.807) is 28.2 Å². The number of hydrogen-bond donors (Lipinski definition) is 0. The van der Waals surface area contributed by atoms with Gasteiger partial charge < -0.3 is 18.6 Å². The molecule has 2 aromatic heterocycles. The summed E-state index contributed by atoms with van der Waals surface area (Å²) >= 11 is 12.7. The standard InChI is InChI=1S/C29H30ClN3O4S2/c30-22-10-8-21(9-11-22)18-25-28(35)33(29(38)39-25)16-4-7-26(34)32(19-23-6-5-17-36-23)20-24-12-13-27(37-24)31-14-2-1-3-15-31/h5-6,8-13,17-18H,1-4,7,14-16,19-20H2/b25-18-. The van der Waals surface area contributed by atoms with Crippen molar-refractivity contribution in [3.8, 4) is 0 Å². The summed E-state index contributed by atoms with van der Waals surface area (Å²) in [5.74, 6) is 2.12. The predicted molar refractivity (Wildman–Crippen MR) is 158 cm³/mol. The third-order valence-corrected chi connectivity index (χ3v) is 8.38. The first-order chi connectivity index (χ1) is 19.0. The molecular weight excluding hydrogens is 554 g/mol. The second-order valence-corrected chi connectivity index (χ2v) is 11.7. The summed E-state index contributed by atoms with van der Waals surface area (Å²) in [7, 11) is 0. The number of amides is 2. The average Bonchev–Trinajstić information content (AvgIpc) is 3.69. The van der Waals surface area contributed by atoms with Crippen molar-refractivity contribution in [3.05, 3.63) is 81.8 Å². The minimum Gasteiger partial charge on any atom is -0.467 e. The Kier molecular flexibility index (Phi) is 9.11. The molecule has 3 aromatic rings. The molecule has 0 saturated carbocycles. The van der Waals surface area contributed by atoms with E-state index < -0.39 is 0 Å². The van der Waals surface area contributed by atoms with E-state index in [1.165, 1.54) is 31.0 Å². The number of benzene rings is 1. The van der Waals surface area contributed by atoms with Crippen LogP contribution in [0.1, 0.15) is 49.2 Å². The van der Waals surface area contributed by atoms with Gasteiger partial charge in [-0.1, -0.05) is 47.7 Å². The van der Waals surface area contributed by atoms with Crippen molar-refractivity contribution in [3.63, 3.8) is 0 Å². The Balaban J connectivity index is 1.19. The number of furan rings is 2. The maximum absolute atomic E-state index is 13.3. The lowest BCUT2D eigenvalue weighted by Gasteiger charge is -2.26. The van der Waals surface area contributed by atoms with E-state index in [-0.39, 0.29) is 18.2 Å². The topological polar surface area (TPSA) is 70.1 Å². The molecule has 2 saturated heterocycles. The molecule has 7 nitrogen and oxygen atoms in total. The fraction of sp³-hybridized carbons (Fsp3) is 0.345. The first-order valence-electron chi connectivity index (χ1n) is 13.1. The van der Waals surface area contributed by atoms with Crippen LogP contribution >= 0.6 is 35.6 Å². The molecule has 0 bridgehead atoms. The molecule has 10 heteroatoms. The second-order valence-electron chi connectivity index (χ2n) is 9.61. The minimum atomic E-state index is -0.138. The third kappa shape index (κ3) is 7.15. The van der Waals surface area contributed by atoms with E-state index in [0.29, 0.717) is 46.1 Å². The van der Waals surface area contributed by atoms with Gasteiger partial charge in [-0.2, -0.15) is 0 Å². The lowest BCUT2D eigenvalue weighted by Crippen LogP contribution is -2.32. The highest BCUT2D eigenvalue weighted by atomic mass is 35.5. The molecule has 2 fully saturated rings. The van der Waals surface area contributed by atoms with Gasteiger partial charge >= 0.3 is 0 Å². The number of carbonyl (C=O) groups is 2. The summed E-state index contributed by atoms with van der Waals surface area (Å²) in [5.41, 5.74) is 0.880. The SMILES string of the molecule is O=C(CCCN1C(=O)/C(=C/c2ccc(Cl)cc2)SC1=S)N(Cc1ccco1)Cc1ccc(N2CCCCC2)o1. The largest absolute Gasteiger partial charge is 0.467 e. The van der Waals surface area contributed by atoms with E-state index in [0.717, 1.165) is 30.3 Å². The summed E-state index contributed by atoms with van der Waals surface area (Å²) in [4.78, 5) is 32.4. The summed E-state index contributed by atoms with van der Waals surface area (Å²) in [5, 5.41) is 0.639. The van der Waals surface area contributed by atoms with Crippen LogP contribution in [0.15, 0.2) is 68.5 Å². The van der Waals surface area contributed by atoms with Gasteiger partial charge in [0.25, 0.3) is 5.91 Å². The summed E-state index contributed by atoms with van der Waals surface area (Å²) < 4.78 is 12.1. The Hall–Kier alpha value is -3.01. The van der Waals surface area contributed by atoms with E-state index in [1.807, 2.05) is 42.5 Å². The minimum absolute atomic E-state index is 0.0375. The molecule has 2 aliphatic rings. The fourth-order valence-corrected chi connectivity index (χ4v) is 6.13. The number of thioether (sulfide) groups is 1. The molecule has 4 heterocycles. The first kappa shape index (κ1) is 27.6. The van der Waals surface area contributed by atoms with Crippen LogP contribution < -0.4 is 4.90 Å². The molecule has 2 amide bonds. The van der Waals surface area contributed by atoms with Crippen molar-refractivity contribution in [2.45, 2.75) is 45.2 Å². The van der Waals surface area contributed by atoms with E-state index in [2.05, 4.69) is 4.90 Å². The predicted octanol–water partition coefficient (Wildman–Crippen LogP) is 6.73. The quantitative estimate of drug-likeness (QED) is 0.194. The molecule has 1 aromatic carbocycles. The Labute approximate surface area is 242 Å². The van der Waals surface area contributed by atoms with Gasteiger partial charge in [0.05, 0.1) is 24.3 Å². The van der Waals surface area contributed by atoms with Gasteiger partial charge in [0, 0.05) is 37.1 Å². The number of hydrogen-bond acceptors (Lipinski definition) is 7. The monoisotopic (exact) mass is 583 g/mol. The van der Waals surface area contributed by atoms with Crippen LogP contribution in [-0.4, -0.2) is 45.6 Å². The molecule has 0 unspecified atom stereocenters. The highest BCUT2D eigenvalue weighted by molar-refractivity contribution is 8.26. The lowest BCUT2D eigenvalue weighted by molar-refractivity contribution is -0.133. The van der Waals surface area contributed by atoms with Crippen LogP contribution in [0, 0.1) is 0 Å². The number of halogens is 1. The van der Waals surface area contributed by atoms with Crippen molar-refractivity contribution >= 4 is 63.7 Å². The van der Waals surface area contributed by atoms with Crippen molar-refractivity contribution < 1.29 is 18.4 Å². The van der Waals surface area contributed by atoms with E-state index >= 15 is 0 Å². The van der Waals surface area contributed by atoms with E-state index in [4.69, 9.17) is 32.7 Å². The highest BCUT2D eigenvalue weighted by Crippen LogP contribution is 2.33. The lowest BCUT2D eigenvalue weighted by atomic mass is 10.1. The number of anilines is 1. The highest BCUT2D eigenvalue weighted by Gasteiger charge is 2.32. The maximum Gasteiger partial charge on any atom is 0.266 e. The molecule has 2 aliphatic heterocycles. The summed E-state index contributed by atoms with van der Waals surface area (Å²) in [6.45, 7) is 3.06. The zero-order valence-electron chi connectivity index (χ0n) is 21.5. The second kappa shape index (κ2) is 12.9. The molecular formula is C29H30ClN3O4S2. The third-order valence-electron chi connectivity index (χ3n) is 6.76. The van der Waals surface area contributed by atoms with Crippen LogP contribution in [0.5, 0.6) is 0 Å². The Bertz CT molecular complexity index is 1330. The maximum atomic E-state index is 13.3. The van der Waals surface area contributed by atoms with Crippen LogP contribution in [-0.2, 0) is 22.7 Å². The summed E-state index contributed by atoms with van der Waals surface area (Å²) in [6, 6.07) is 14.9. The molecule has 0 atom stereocenters. The number of piperidine rings is 1.